The third kappa shape index (κ3) is 3.03. The van der Waals surface area contributed by atoms with E-state index in [0.717, 1.165) is 12.0 Å². The van der Waals surface area contributed by atoms with Crippen LogP contribution in [0.5, 0.6) is 0 Å². The van der Waals surface area contributed by atoms with Crippen molar-refractivity contribution in [2.24, 2.45) is 0 Å². The maximum Gasteiger partial charge on any atom is 0.276 e. The fraction of sp³-hybridized carbons (Fsp3) is 0.300. The average Bonchev–Trinajstić information content (AvgIpc) is 3.09. The molecule has 2 heterocycles. The Kier molecular flexibility index (Phi) is 4.24. The fourth-order valence-electron chi connectivity index (χ4n) is 3.17. The minimum atomic E-state index is -0.0735. The Morgan fingerprint density at radius 2 is 2.00 bits per heavy atom. The molecule has 0 spiro atoms. The predicted molar refractivity (Wildman–Crippen MR) is 94.3 cm³/mol. The summed E-state index contributed by atoms with van der Waals surface area (Å²) in [6.07, 6.45) is 2.35. The maximum atomic E-state index is 12.4. The van der Waals surface area contributed by atoms with Gasteiger partial charge in [0.2, 0.25) is 0 Å². The highest BCUT2D eigenvalue weighted by atomic mass is 16.5. The summed E-state index contributed by atoms with van der Waals surface area (Å²) in [5.41, 5.74) is 2.45. The molecule has 3 aromatic rings. The molecule has 128 valence electrons. The maximum absolute atomic E-state index is 12.4. The second-order valence-corrected chi connectivity index (χ2v) is 6.32. The Hall–Kier alpha value is -2.66. The first-order chi connectivity index (χ1) is 12.3. The molecule has 0 unspecified atom stereocenters. The van der Waals surface area contributed by atoms with Crippen molar-refractivity contribution in [3.63, 3.8) is 0 Å². The van der Waals surface area contributed by atoms with Gasteiger partial charge in [0.15, 0.2) is 5.69 Å². The molecule has 1 fully saturated rings. The number of carbonyl (C=O) groups excluding carboxylic acids is 1. The monoisotopic (exact) mass is 336 g/mol. The van der Waals surface area contributed by atoms with E-state index in [1.807, 2.05) is 19.1 Å². The number of rotatable bonds is 5. The summed E-state index contributed by atoms with van der Waals surface area (Å²) >= 11 is 0. The van der Waals surface area contributed by atoms with Crippen LogP contribution in [0.15, 0.2) is 53.3 Å². The van der Waals surface area contributed by atoms with Crippen LogP contribution in [-0.2, 0) is 17.8 Å². The molecule has 0 N–H and O–H groups in total. The van der Waals surface area contributed by atoms with Gasteiger partial charge in [-0.1, -0.05) is 54.5 Å². The molecule has 1 aliphatic heterocycles. The van der Waals surface area contributed by atoms with Crippen LogP contribution in [0.3, 0.4) is 0 Å². The van der Waals surface area contributed by atoms with E-state index < -0.39 is 0 Å². The molecule has 4 rings (SSSR count). The minimum Gasteiger partial charge on any atom is -0.370 e. The van der Waals surface area contributed by atoms with Crippen molar-refractivity contribution < 1.29 is 14.1 Å². The third-order valence-electron chi connectivity index (χ3n) is 4.72. The van der Waals surface area contributed by atoms with Crippen LogP contribution in [-0.4, -0.2) is 35.2 Å². The summed E-state index contributed by atoms with van der Waals surface area (Å²) in [5.74, 6) is -0.0735. The van der Waals surface area contributed by atoms with Crippen LogP contribution in [0.25, 0.3) is 10.8 Å². The molecule has 1 amide bonds. The molecule has 25 heavy (non-hydrogen) atoms. The van der Waals surface area contributed by atoms with Crippen molar-refractivity contribution in [2.45, 2.75) is 26.1 Å². The fourth-order valence-corrected chi connectivity index (χ4v) is 3.17. The number of amides is 1. The molecule has 5 heteroatoms. The number of nitrogens with zero attached hydrogens (tertiary/aromatic N) is 2. The van der Waals surface area contributed by atoms with Crippen molar-refractivity contribution >= 4 is 16.7 Å². The summed E-state index contributed by atoms with van der Waals surface area (Å²) in [5, 5.41) is 6.27. The number of benzene rings is 2. The summed E-state index contributed by atoms with van der Waals surface area (Å²) in [7, 11) is 0. The lowest BCUT2D eigenvalue weighted by Crippen LogP contribution is -2.54. The van der Waals surface area contributed by atoms with E-state index in [0.29, 0.717) is 25.4 Å². The molecule has 0 radical (unpaired) electrons. The van der Waals surface area contributed by atoms with E-state index in [1.165, 1.54) is 16.3 Å². The van der Waals surface area contributed by atoms with E-state index in [2.05, 4.69) is 35.5 Å². The van der Waals surface area contributed by atoms with E-state index in [1.54, 1.807) is 11.2 Å². The van der Waals surface area contributed by atoms with Gasteiger partial charge in [0.25, 0.3) is 5.91 Å². The quantitative estimate of drug-likeness (QED) is 0.716. The Bertz CT molecular complexity index is 891. The second kappa shape index (κ2) is 6.69. The lowest BCUT2D eigenvalue weighted by molar-refractivity contribution is -0.0503. The normalized spacial score (nSPS) is 14.7. The Morgan fingerprint density at radius 1 is 1.20 bits per heavy atom. The summed E-state index contributed by atoms with van der Waals surface area (Å²) in [4.78, 5) is 14.2. The summed E-state index contributed by atoms with van der Waals surface area (Å²) in [6.45, 7) is 3.73. The van der Waals surface area contributed by atoms with Gasteiger partial charge in [0.1, 0.15) is 6.26 Å². The van der Waals surface area contributed by atoms with E-state index in [-0.39, 0.29) is 12.0 Å². The van der Waals surface area contributed by atoms with Gasteiger partial charge in [-0.25, -0.2) is 0 Å². The Balaban J connectivity index is 1.35. The molecular weight excluding hydrogens is 316 g/mol. The molecule has 1 aliphatic rings. The zero-order valence-electron chi connectivity index (χ0n) is 14.1. The van der Waals surface area contributed by atoms with Gasteiger partial charge in [-0.15, -0.1) is 0 Å². The van der Waals surface area contributed by atoms with Crippen molar-refractivity contribution in [1.29, 1.82) is 0 Å². The van der Waals surface area contributed by atoms with Crippen molar-refractivity contribution in [3.05, 3.63) is 65.5 Å². The largest absolute Gasteiger partial charge is 0.370 e. The first-order valence-electron chi connectivity index (χ1n) is 8.57. The number of aryl methyl sites for hydroxylation is 1. The summed E-state index contributed by atoms with van der Waals surface area (Å²) in [6, 6.07) is 14.5. The van der Waals surface area contributed by atoms with E-state index in [4.69, 9.17) is 9.26 Å². The first kappa shape index (κ1) is 15.8. The SMILES string of the molecule is CCc1conc1C(=O)N1CC(OCc2cccc3ccccc23)C1. The molecule has 1 saturated heterocycles. The highest BCUT2D eigenvalue weighted by Gasteiger charge is 2.34. The van der Waals surface area contributed by atoms with Crippen molar-refractivity contribution in [2.75, 3.05) is 13.1 Å². The molecule has 0 aliphatic carbocycles. The molecule has 0 bridgehead atoms. The lowest BCUT2D eigenvalue weighted by Gasteiger charge is -2.38. The number of fused-ring (bicyclic) bond motifs is 1. The molecule has 5 nitrogen and oxygen atoms in total. The number of ether oxygens (including phenoxy) is 1. The number of carbonyl (C=O) groups is 1. The van der Waals surface area contributed by atoms with Crippen LogP contribution < -0.4 is 0 Å². The van der Waals surface area contributed by atoms with Gasteiger partial charge < -0.3 is 14.2 Å². The highest BCUT2D eigenvalue weighted by Crippen LogP contribution is 2.22. The standard InChI is InChI=1S/C20H20N2O3/c1-2-14-13-25-21-19(14)20(23)22-10-17(11-22)24-12-16-8-5-7-15-6-3-4-9-18(15)16/h3-9,13,17H,2,10-12H2,1H3. The number of aromatic nitrogens is 1. The molecule has 2 aromatic carbocycles. The third-order valence-corrected chi connectivity index (χ3v) is 4.72. The first-order valence-corrected chi connectivity index (χ1v) is 8.57. The van der Waals surface area contributed by atoms with Crippen molar-refractivity contribution in [1.82, 2.24) is 10.1 Å². The molecule has 0 atom stereocenters. The zero-order valence-corrected chi connectivity index (χ0v) is 14.1. The minimum absolute atomic E-state index is 0.0693. The van der Waals surface area contributed by atoms with Gasteiger partial charge >= 0.3 is 0 Å². The van der Waals surface area contributed by atoms with Gasteiger partial charge in [-0.3, -0.25) is 4.79 Å². The highest BCUT2D eigenvalue weighted by molar-refractivity contribution is 5.94. The van der Waals surface area contributed by atoms with Gasteiger partial charge in [-0.05, 0) is 22.8 Å². The van der Waals surface area contributed by atoms with Crippen LogP contribution in [0.2, 0.25) is 0 Å². The van der Waals surface area contributed by atoms with Crippen molar-refractivity contribution in [3.8, 4) is 0 Å². The second-order valence-electron chi connectivity index (χ2n) is 6.32. The van der Waals surface area contributed by atoms with Crippen LogP contribution in [0.4, 0.5) is 0 Å². The number of hydrogen-bond acceptors (Lipinski definition) is 4. The van der Waals surface area contributed by atoms with E-state index >= 15 is 0 Å². The van der Waals surface area contributed by atoms with Gasteiger partial charge in [-0.2, -0.15) is 0 Å². The smallest absolute Gasteiger partial charge is 0.276 e. The Morgan fingerprint density at radius 3 is 2.84 bits per heavy atom. The lowest BCUT2D eigenvalue weighted by atomic mass is 10.0. The van der Waals surface area contributed by atoms with Crippen LogP contribution in [0.1, 0.15) is 28.5 Å². The Labute approximate surface area is 146 Å². The molecule has 0 saturated carbocycles. The van der Waals surface area contributed by atoms with Crippen LogP contribution in [0, 0.1) is 0 Å². The zero-order chi connectivity index (χ0) is 17.2. The number of likely N-dealkylation sites (tertiary alicyclic amines) is 1. The topological polar surface area (TPSA) is 55.6 Å². The van der Waals surface area contributed by atoms with Gasteiger partial charge in [0, 0.05) is 18.7 Å². The predicted octanol–water partition coefficient (Wildman–Crippen LogP) is 3.43. The van der Waals surface area contributed by atoms with Crippen LogP contribution >= 0.6 is 0 Å². The number of hydrogen-bond donors (Lipinski definition) is 0. The average molecular weight is 336 g/mol. The molecule has 1 aromatic heterocycles. The van der Waals surface area contributed by atoms with E-state index in [9.17, 15) is 4.79 Å². The molecular formula is C20H20N2O3. The van der Waals surface area contributed by atoms with Gasteiger partial charge in [0.05, 0.1) is 12.7 Å². The summed E-state index contributed by atoms with van der Waals surface area (Å²) < 4.78 is 10.9.